The highest BCUT2D eigenvalue weighted by Gasteiger charge is 2.35. The fraction of sp³-hybridized carbons (Fsp3) is 0.556. The van der Waals surface area contributed by atoms with Crippen molar-refractivity contribution in [1.29, 1.82) is 0 Å². The lowest BCUT2D eigenvalue weighted by molar-refractivity contribution is -0.128. The maximum absolute atomic E-state index is 13.1. The molecule has 0 spiro atoms. The number of halogens is 1. The smallest absolute Gasteiger partial charge is 0.222 e. The first-order valence-electron chi connectivity index (χ1n) is 8.53. The van der Waals surface area contributed by atoms with Gasteiger partial charge in [-0.2, -0.15) is 0 Å². The zero-order valence-corrected chi connectivity index (χ0v) is 13.6. The number of aliphatic hydroxyl groups excluding tert-OH is 1. The molecule has 2 amide bonds. The Labute approximate surface area is 140 Å². The van der Waals surface area contributed by atoms with E-state index in [4.69, 9.17) is 0 Å². The average molecular weight is 334 g/mol. The van der Waals surface area contributed by atoms with E-state index in [1.54, 1.807) is 17.0 Å². The number of rotatable bonds is 6. The van der Waals surface area contributed by atoms with E-state index >= 15 is 0 Å². The Kier molecular flexibility index (Phi) is 5.14. The van der Waals surface area contributed by atoms with Gasteiger partial charge in [0.15, 0.2) is 0 Å². The first-order valence-corrected chi connectivity index (χ1v) is 8.53. The highest BCUT2D eigenvalue weighted by molar-refractivity contribution is 5.80. The van der Waals surface area contributed by atoms with Gasteiger partial charge >= 0.3 is 0 Å². The molecule has 1 aromatic rings. The van der Waals surface area contributed by atoms with Crippen LogP contribution >= 0.6 is 0 Å². The molecule has 1 heterocycles. The minimum atomic E-state index is -0.322. The number of hydrogen-bond donors (Lipinski definition) is 2. The Hall–Kier alpha value is -1.95. The van der Waals surface area contributed by atoms with Crippen molar-refractivity contribution in [3.63, 3.8) is 0 Å². The van der Waals surface area contributed by atoms with Crippen LogP contribution in [0.4, 0.5) is 4.39 Å². The lowest BCUT2D eigenvalue weighted by Gasteiger charge is -2.38. The van der Waals surface area contributed by atoms with Gasteiger partial charge in [-0.1, -0.05) is 12.1 Å². The third-order valence-corrected chi connectivity index (χ3v) is 4.95. The van der Waals surface area contributed by atoms with E-state index in [2.05, 4.69) is 5.32 Å². The Morgan fingerprint density at radius 2 is 2.04 bits per heavy atom. The molecular weight excluding hydrogens is 311 g/mol. The molecule has 0 aromatic heterocycles. The van der Waals surface area contributed by atoms with Crippen LogP contribution in [0.15, 0.2) is 24.3 Å². The number of carbonyl (C=O) groups is 2. The largest absolute Gasteiger partial charge is 0.393 e. The molecule has 130 valence electrons. The van der Waals surface area contributed by atoms with E-state index < -0.39 is 0 Å². The van der Waals surface area contributed by atoms with Crippen molar-refractivity contribution in [3.8, 4) is 0 Å². The molecule has 5 nitrogen and oxygen atoms in total. The van der Waals surface area contributed by atoms with Gasteiger partial charge in [-0.05, 0) is 42.9 Å². The molecule has 1 unspecified atom stereocenters. The second-order valence-corrected chi connectivity index (χ2v) is 6.72. The number of likely N-dealkylation sites (tertiary alicyclic amines) is 1. The molecule has 0 bridgehead atoms. The van der Waals surface area contributed by atoms with Crippen LogP contribution in [-0.2, 0) is 9.59 Å². The summed E-state index contributed by atoms with van der Waals surface area (Å²) in [5.74, 6) is -0.168. The van der Waals surface area contributed by atoms with E-state index in [1.165, 1.54) is 12.1 Å². The van der Waals surface area contributed by atoms with Crippen LogP contribution in [-0.4, -0.2) is 41.0 Å². The number of amides is 2. The molecule has 1 aromatic carbocycles. The molecule has 0 radical (unpaired) electrons. The van der Waals surface area contributed by atoms with Gasteiger partial charge in [-0.25, -0.2) is 4.39 Å². The van der Waals surface area contributed by atoms with Crippen LogP contribution in [0.1, 0.15) is 43.7 Å². The molecular formula is C18H23FN2O3. The zero-order chi connectivity index (χ0) is 17.1. The summed E-state index contributed by atoms with van der Waals surface area (Å²) in [7, 11) is 0. The number of nitrogens with one attached hydrogen (secondary N) is 1. The molecule has 2 fully saturated rings. The summed E-state index contributed by atoms with van der Waals surface area (Å²) in [5.41, 5.74) is 0.846. The maximum Gasteiger partial charge on any atom is 0.222 e. The van der Waals surface area contributed by atoms with E-state index in [-0.39, 0.29) is 42.1 Å². The van der Waals surface area contributed by atoms with Gasteiger partial charge in [0.2, 0.25) is 11.8 Å². The molecule has 1 aliphatic heterocycles. The van der Waals surface area contributed by atoms with Crippen LogP contribution in [0.2, 0.25) is 0 Å². The molecule has 1 aliphatic carbocycles. The predicted octanol–water partition coefficient (Wildman–Crippen LogP) is 1.77. The first-order chi connectivity index (χ1) is 11.5. The number of benzene rings is 1. The van der Waals surface area contributed by atoms with E-state index in [1.807, 2.05) is 0 Å². The Bertz CT molecular complexity index is 599. The highest BCUT2D eigenvalue weighted by atomic mass is 19.1. The normalized spacial score (nSPS) is 24.6. The molecule has 24 heavy (non-hydrogen) atoms. The lowest BCUT2D eigenvalue weighted by atomic mass is 9.75. The summed E-state index contributed by atoms with van der Waals surface area (Å²) in [5, 5.41) is 12.6. The van der Waals surface area contributed by atoms with Gasteiger partial charge in [0.25, 0.3) is 0 Å². The predicted molar refractivity (Wildman–Crippen MR) is 86.4 cm³/mol. The fourth-order valence-corrected chi connectivity index (χ4v) is 3.47. The first kappa shape index (κ1) is 16.9. The van der Waals surface area contributed by atoms with Crippen molar-refractivity contribution in [1.82, 2.24) is 10.2 Å². The number of nitrogens with zero attached hydrogens (tertiary/aromatic N) is 1. The summed E-state index contributed by atoms with van der Waals surface area (Å²) >= 11 is 0. The molecule has 1 atom stereocenters. The van der Waals surface area contributed by atoms with Crippen molar-refractivity contribution in [2.24, 2.45) is 5.92 Å². The Morgan fingerprint density at radius 1 is 1.33 bits per heavy atom. The van der Waals surface area contributed by atoms with Crippen LogP contribution in [0.3, 0.4) is 0 Å². The Morgan fingerprint density at radius 3 is 2.62 bits per heavy atom. The quantitative estimate of drug-likeness (QED) is 0.833. The van der Waals surface area contributed by atoms with Gasteiger partial charge in [0.05, 0.1) is 12.1 Å². The van der Waals surface area contributed by atoms with E-state index in [9.17, 15) is 19.1 Å². The van der Waals surface area contributed by atoms with Gasteiger partial charge < -0.3 is 15.3 Å². The van der Waals surface area contributed by atoms with Crippen LogP contribution in [0, 0.1) is 11.7 Å². The number of hydrogen-bond acceptors (Lipinski definition) is 3. The topological polar surface area (TPSA) is 69.6 Å². The minimum Gasteiger partial charge on any atom is -0.393 e. The summed E-state index contributed by atoms with van der Waals surface area (Å²) in [6, 6.07) is 5.89. The molecule has 1 saturated carbocycles. The van der Waals surface area contributed by atoms with Crippen LogP contribution < -0.4 is 5.32 Å². The molecule has 6 heteroatoms. The Balaban J connectivity index is 1.59. The summed E-state index contributed by atoms with van der Waals surface area (Å²) in [6.45, 7) is 1.16. The molecule has 2 N–H and O–H groups in total. The third kappa shape index (κ3) is 3.93. The summed E-state index contributed by atoms with van der Waals surface area (Å²) < 4.78 is 13.1. The third-order valence-electron chi connectivity index (χ3n) is 4.95. The summed E-state index contributed by atoms with van der Waals surface area (Å²) in [6.07, 6.45) is 2.63. The van der Waals surface area contributed by atoms with Gasteiger partial charge in [-0.15, -0.1) is 0 Å². The SMILES string of the molecule is O=C(CCN1CCCC1=O)NC(c1ccc(F)cc1)C1CC(O)C1. The second kappa shape index (κ2) is 7.30. The minimum absolute atomic E-state index is 0.111. The molecule has 1 saturated heterocycles. The highest BCUT2D eigenvalue weighted by Crippen LogP contribution is 2.38. The van der Waals surface area contributed by atoms with Crippen LogP contribution in [0.25, 0.3) is 0 Å². The zero-order valence-electron chi connectivity index (χ0n) is 13.6. The lowest BCUT2D eigenvalue weighted by Crippen LogP contribution is -2.42. The van der Waals surface area contributed by atoms with Crippen molar-refractivity contribution in [2.75, 3.05) is 13.1 Å². The second-order valence-electron chi connectivity index (χ2n) is 6.72. The van der Waals surface area contributed by atoms with Crippen molar-refractivity contribution >= 4 is 11.8 Å². The van der Waals surface area contributed by atoms with Gasteiger partial charge in [-0.3, -0.25) is 9.59 Å². The van der Waals surface area contributed by atoms with E-state index in [0.29, 0.717) is 25.8 Å². The van der Waals surface area contributed by atoms with Crippen molar-refractivity contribution < 1.29 is 19.1 Å². The van der Waals surface area contributed by atoms with Crippen LogP contribution in [0.5, 0.6) is 0 Å². The van der Waals surface area contributed by atoms with Crippen molar-refractivity contribution in [2.45, 2.75) is 44.2 Å². The van der Waals surface area contributed by atoms with Gasteiger partial charge in [0.1, 0.15) is 5.82 Å². The number of aliphatic hydroxyl groups is 1. The molecule has 2 aliphatic rings. The summed E-state index contributed by atoms with van der Waals surface area (Å²) in [4.78, 5) is 25.6. The van der Waals surface area contributed by atoms with Gasteiger partial charge in [0, 0.05) is 25.9 Å². The standard InChI is InChI=1S/C18H23FN2O3/c19-14-5-3-12(4-6-14)18(13-10-15(22)11-13)20-16(23)7-9-21-8-1-2-17(21)24/h3-6,13,15,18,22H,1-2,7-11H2,(H,20,23). The maximum atomic E-state index is 13.1. The fourth-order valence-electron chi connectivity index (χ4n) is 3.47. The van der Waals surface area contributed by atoms with E-state index in [0.717, 1.165) is 18.5 Å². The molecule has 3 rings (SSSR count). The van der Waals surface area contributed by atoms with Crippen molar-refractivity contribution in [3.05, 3.63) is 35.6 Å². The average Bonchev–Trinajstić information content (AvgIpc) is 2.94. The number of carbonyl (C=O) groups excluding carboxylic acids is 2. The monoisotopic (exact) mass is 334 g/mol.